The zero-order chi connectivity index (χ0) is 14.7. The number of nitrogens with one attached hydrogen (secondary N) is 1. The Bertz CT molecular complexity index is 430. The van der Waals surface area contributed by atoms with Crippen molar-refractivity contribution in [3.63, 3.8) is 0 Å². The van der Waals surface area contributed by atoms with Crippen molar-refractivity contribution in [3.8, 4) is 0 Å². The second-order valence-corrected chi connectivity index (χ2v) is 8.64. The molecule has 0 radical (unpaired) electrons. The highest BCUT2D eigenvalue weighted by Gasteiger charge is 2.42. The van der Waals surface area contributed by atoms with E-state index in [0.717, 1.165) is 25.7 Å². The van der Waals surface area contributed by atoms with E-state index in [0.29, 0.717) is 12.8 Å². The third-order valence-electron chi connectivity index (χ3n) is 3.69. The lowest BCUT2D eigenvalue weighted by Crippen LogP contribution is -2.60. The van der Waals surface area contributed by atoms with Gasteiger partial charge in [0.05, 0.1) is 10.3 Å². The Morgan fingerprint density at radius 3 is 2.05 bits per heavy atom. The van der Waals surface area contributed by atoms with E-state index in [4.69, 9.17) is 10.9 Å². The molecule has 0 aromatic rings. The lowest BCUT2D eigenvalue weighted by Gasteiger charge is -2.35. The number of hydrogen-bond acceptors (Lipinski definition) is 4. The zero-order valence-corrected chi connectivity index (χ0v) is 12.8. The molecule has 1 rings (SSSR count). The van der Waals surface area contributed by atoms with Crippen LogP contribution < -0.4 is 10.5 Å². The number of rotatable bonds is 3. The maximum Gasteiger partial charge on any atom is 0.217 e. The van der Waals surface area contributed by atoms with Crippen molar-refractivity contribution in [1.29, 1.82) is 0 Å². The van der Waals surface area contributed by atoms with E-state index in [2.05, 4.69) is 9.88 Å². The minimum absolute atomic E-state index is 0.0396. The van der Waals surface area contributed by atoms with Gasteiger partial charge in [-0.15, -0.1) is 0 Å². The first-order valence-corrected chi connectivity index (χ1v) is 8.14. The van der Waals surface area contributed by atoms with Crippen LogP contribution in [-0.4, -0.2) is 29.7 Å². The fourth-order valence-electron chi connectivity index (χ4n) is 2.25. The van der Waals surface area contributed by atoms with E-state index >= 15 is 0 Å². The van der Waals surface area contributed by atoms with E-state index in [-0.39, 0.29) is 5.84 Å². The van der Waals surface area contributed by atoms with Gasteiger partial charge in [-0.05, 0) is 33.6 Å². The molecule has 1 aliphatic rings. The van der Waals surface area contributed by atoms with Crippen molar-refractivity contribution in [1.82, 2.24) is 4.72 Å². The molecule has 7 heteroatoms. The smallest absolute Gasteiger partial charge is 0.217 e. The molecule has 0 atom stereocenters. The van der Waals surface area contributed by atoms with Crippen LogP contribution in [0.5, 0.6) is 0 Å². The summed E-state index contributed by atoms with van der Waals surface area (Å²) in [5, 5.41) is 12.0. The van der Waals surface area contributed by atoms with Crippen molar-refractivity contribution >= 4 is 15.9 Å². The predicted octanol–water partition coefficient (Wildman–Crippen LogP) is 1.54. The van der Waals surface area contributed by atoms with Gasteiger partial charge >= 0.3 is 0 Å². The van der Waals surface area contributed by atoms with E-state index in [1.54, 1.807) is 20.8 Å². The second kappa shape index (κ2) is 5.66. The molecule has 1 aliphatic carbocycles. The fraction of sp³-hybridized carbons (Fsp3) is 0.917. The van der Waals surface area contributed by atoms with Gasteiger partial charge in [-0.1, -0.05) is 30.8 Å². The van der Waals surface area contributed by atoms with Crippen LogP contribution in [0.4, 0.5) is 0 Å². The minimum atomic E-state index is -3.55. The Morgan fingerprint density at radius 2 is 1.68 bits per heavy atom. The number of nitrogens with two attached hydrogens (primary N) is 1. The molecule has 1 saturated carbocycles. The largest absolute Gasteiger partial charge is 0.409 e. The van der Waals surface area contributed by atoms with Gasteiger partial charge < -0.3 is 10.9 Å². The summed E-state index contributed by atoms with van der Waals surface area (Å²) in [7, 11) is -3.55. The summed E-state index contributed by atoms with van der Waals surface area (Å²) in [5.74, 6) is -0.0396. The van der Waals surface area contributed by atoms with Crippen LogP contribution >= 0.6 is 0 Å². The van der Waals surface area contributed by atoms with Crippen molar-refractivity contribution in [2.75, 3.05) is 0 Å². The fourth-order valence-corrected chi connectivity index (χ4v) is 3.38. The molecule has 0 aromatic heterocycles. The highest BCUT2D eigenvalue weighted by Crippen LogP contribution is 2.30. The molecule has 0 amide bonds. The normalized spacial score (nSPS) is 21.9. The Morgan fingerprint density at radius 1 is 1.21 bits per heavy atom. The van der Waals surface area contributed by atoms with Crippen molar-refractivity contribution in [3.05, 3.63) is 0 Å². The molecule has 0 aromatic carbocycles. The Balaban J connectivity index is 3.12. The molecule has 0 saturated heterocycles. The summed E-state index contributed by atoms with van der Waals surface area (Å²) in [6, 6.07) is 0. The first-order chi connectivity index (χ1) is 8.65. The molecule has 0 unspecified atom stereocenters. The first kappa shape index (κ1) is 16.2. The second-order valence-electron chi connectivity index (χ2n) is 6.20. The van der Waals surface area contributed by atoms with Crippen LogP contribution in [0.3, 0.4) is 0 Å². The van der Waals surface area contributed by atoms with Crippen LogP contribution in [0.25, 0.3) is 0 Å². The number of amidine groups is 1. The molecule has 4 N–H and O–H groups in total. The van der Waals surface area contributed by atoms with Crippen LogP contribution in [-0.2, 0) is 10.0 Å². The minimum Gasteiger partial charge on any atom is -0.409 e. The van der Waals surface area contributed by atoms with Crippen molar-refractivity contribution in [2.45, 2.75) is 69.6 Å². The number of nitrogens with zero attached hydrogens (tertiary/aromatic N) is 1. The van der Waals surface area contributed by atoms with Crippen molar-refractivity contribution in [2.24, 2.45) is 10.9 Å². The first-order valence-electron chi connectivity index (χ1n) is 6.66. The average Bonchev–Trinajstić information content (AvgIpc) is 2.52. The maximum absolute atomic E-state index is 12.4. The Hall–Kier alpha value is -0.820. The number of hydrogen-bond donors (Lipinski definition) is 3. The van der Waals surface area contributed by atoms with Gasteiger partial charge in [-0.3, -0.25) is 0 Å². The van der Waals surface area contributed by atoms with Gasteiger partial charge in [-0.2, -0.15) is 0 Å². The quantitative estimate of drug-likeness (QED) is 0.241. The topological polar surface area (TPSA) is 105 Å². The summed E-state index contributed by atoms with van der Waals surface area (Å²) in [5.41, 5.74) is 4.83. The number of oxime groups is 1. The van der Waals surface area contributed by atoms with Gasteiger partial charge in [0.25, 0.3) is 0 Å². The monoisotopic (exact) mass is 291 g/mol. The van der Waals surface area contributed by atoms with Crippen molar-refractivity contribution < 1.29 is 13.6 Å². The van der Waals surface area contributed by atoms with Crippen LogP contribution in [0, 0.1) is 0 Å². The Kier molecular flexibility index (Phi) is 4.84. The molecule has 19 heavy (non-hydrogen) atoms. The maximum atomic E-state index is 12.4. The molecular formula is C12H25N3O3S. The summed E-state index contributed by atoms with van der Waals surface area (Å²) in [4.78, 5) is 0. The molecule has 112 valence electrons. The third kappa shape index (κ3) is 3.60. The lowest BCUT2D eigenvalue weighted by atomic mass is 9.90. The van der Waals surface area contributed by atoms with Gasteiger partial charge in [0, 0.05) is 0 Å². The summed E-state index contributed by atoms with van der Waals surface area (Å²) < 4.78 is 26.5. The van der Waals surface area contributed by atoms with E-state index in [1.165, 1.54) is 0 Å². The molecule has 0 aliphatic heterocycles. The molecule has 0 spiro atoms. The number of sulfonamides is 1. The highest BCUT2D eigenvalue weighted by molar-refractivity contribution is 7.90. The summed E-state index contributed by atoms with van der Waals surface area (Å²) in [6.45, 7) is 4.89. The summed E-state index contributed by atoms with van der Waals surface area (Å²) >= 11 is 0. The van der Waals surface area contributed by atoms with Gasteiger partial charge in [-0.25, -0.2) is 13.1 Å². The van der Waals surface area contributed by atoms with E-state index in [1.807, 2.05) is 0 Å². The molecule has 0 heterocycles. The Labute approximate surface area is 115 Å². The molecule has 6 nitrogen and oxygen atoms in total. The predicted molar refractivity (Wildman–Crippen MR) is 75.7 cm³/mol. The van der Waals surface area contributed by atoms with Gasteiger partial charge in [0.15, 0.2) is 5.84 Å². The van der Waals surface area contributed by atoms with Crippen LogP contribution in [0.1, 0.15) is 59.3 Å². The van der Waals surface area contributed by atoms with Gasteiger partial charge in [0.2, 0.25) is 10.0 Å². The SMILES string of the molecule is CC(C)(C)S(=O)(=O)NC1(C(N)=NO)CCCCCC1. The van der Waals surface area contributed by atoms with Crippen LogP contribution in [0.2, 0.25) is 0 Å². The van der Waals surface area contributed by atoms with E-state index in [9.17, 15) is 8.42 Å². The highest BCUT2D eigenvalue weighted by atomic mass is 32.2. The zero-order valence-electron chi connectivity index (χ0n) is 11.9. The average molecular weight is 291 g/mol. The third-order valence-corrected chi connectivity index (χ3v) is 5.96. The lowest BCUT2D eigenvalue weighted by molar-refractivity contribution is 0.305. The molecule has 0 bridgehead atoms. The standard InChI is InChI=1S/C12H25N3O3S/c1-11(2,3)19(17,18)15-12(10(13)14-16)8-6-4-5-7-9-12/h15-16H,4-9H2,1-3H3,(H2,13,14). The molecular weight excluding hydrogens is 266 g/mol. The van der Waals surface area contributed by atoms with Gasteiger partial charge in [0.1, 0.15) is 0 Å². The van der Waals surface area contributed by atoms with Crippen LogP contribution in [0.15, 0.2) is 5.16 Å². The van der Waals surface area contributed by atoms with E-state index < -0.39 is 20.3 Å². The molecule has 1 fully saturated rings. The summed E-state index contributed by atoms with van der Waals surface area (Å²) in [6.07, 6.45) is 4.94.